The van der Waals surface area contributed by atoms with Crippen molar-refractivity contribution in [1.82, 2.24) is 84.9 Å². The summed E-state index contributed by atoms with van der Waals surface area (Å²) in [7, 11) is 1.50. The topological polar surface area (TPSA) is 415 Å². The van der Waals surface area contributed by atoms with E-state index in [1.165, 1.54) is 7.11 Å². The Morgan fingerprint density at radius 3 is 1.35 bits per heavy atom. The molecule has 0 fully saturated rings. The summed E-state index contributed by atoms with van der Waals surface area (Å²) < 4.78 is 11.2. The van der Waals surface area contributed by atoms with Gasteiger partial charge < -0.3 is 37.3 Å². The third-order valence-corrected chi connectivity index (χ3v) is 15.4. The van der Waals surface area contributed by atoms with Crippen LogP contribution in [0.15, 0.2) is 146 Å². The second-order valence-corrected chi connectivity index (χ2v) is 24.2. The van der Waals surface area contributed by atoms with E-state index in [0.717, 1.165) is 32.8 Å². The van der Waals surface area contributed by atoms with Crippen molar-refractivity contribution in [2.45, 2.75) is 91.8 Å². The van der Waals surface area contributed by atoms with Crippen molar-refractivity contribution < 1.29 is 30.0 Å². The largest absolute Gasteiger partial charge is 0.495 e. The molecule has 490 valence electrons. The number of ether oxygens (including phenoxy) is 1. The second-order valence-electron chi connectivity index (χ2n) is 23.8. The molecule has 28 nitrogen and oxygen atoms in total. The van der Waals surface area contributed by atoms with E-state index >= 15 is 0 Å². The van der Waals surface area contributed by atoms with Crippen molar-refractivity contribution in [3.63, 3.8) is 0 Å². The van der Waals surface area contributed by atoms with Gasteiger partial charge in [0, 0.05) is 33.6 Å². The van der Waals surface area contributed by atoms with Gasteiger partial charge in [-0.2, -0.15) is 10.5 Å². The molecule has 12 rings (SSSR count). The van der Waals surface area contributed by atoms with Crippen molar-refractivity contribution in [3.05, 3.63) is 207 Å². The predicted molar refractivity (Wildman–Crippen MR) is 358 cm³/mol. The van der Waals surface area contributed by atoms with Gasteiger partial charge in [0.1, 0.15) is 58.3 Å². The zero-order chi connectivity index (χ0) is 69.5. The number of nitrogens with zero attached hydrogens (tertiary/aromatic N) is 20. The first-order valence-electron chi connectivity index (χ1n) is 30.0. The van der Waals surface area contributed by atoms with E-state index in [1.54, 1.807) is 153 Å². The van der Waals surface area contributed by atoms with Crippen molar-refractivity contribution >= 4 is 29.4 Å². The van der Waals surface area contributed by atoms with Gasteiger partial charge in [0.05, 0.1) is 112 Å². The predicted octanol–water partition coefficient (Wildman–Crippen LogP) is 8.12. The van der Waals surface area contributed by atoms with Crippen LogP contribution in [0, 0.1) is 36.5 Å². The number of anilines is 3. The first-order valence-corrected chi connectivity index (χ1v) is 30.4. The Kier molecular flexibility index (Phi) is 19.7. The van der Waals surface area contributed by atoms with Gasteiger partial charge in [-0.3, -0.25) is 15.2 Å². The van der Waals surface area contributed by atoms with Crippen LogP contribution in [0.4, 0.5) is 17.8 Å². The van der Waals surface area contributed by atoms with Gasteiger partial charge in [0.25, 0.3) is 11.4 Å². The van der Waals surface area contributed by atoms with Crippen LogP contribution in [-0.2, 0) is 36.4 Å². The number of nitrogen functional groups attached to an aromatic ring is 3. The Labute approximate surface area is 561 Å². The number of rotatable bonds is 16. The van der Waals surface area contributed by atoms with Crippen molar-refractivity contribution in [2.75, 3.05) is 24.3 Å². The van der Waals surface area contributed by atoms with E-state index in [1.807, 2.05) is 49.4 Å². The highest BCUT2D eigenvalue weighted by Gasteiger charge is 2.31. The number of nitrogens with two attached hydrogens (primary N) is 3. The van der Waals surface area contributed by atoms with Crippen molar-refractivity contribution in [1.29, 1.82) is 10.5 Å². The molecule has 0 atom stereocenters. The minimum Gasteiger partial charge on any atom is -0.495 e. The summed E-state index contributed by atoms with van der Waals surface area (Å²) in [5, 5.41) is 85.1. The van der Waals surface area contributed by atoms with Crippen LogP contribution < -0.4 is 26.7 Å². The highest BCUT2D eigenvalue weighted by Crippen LogP contribution is 2.35. The Hall–Kier alpha value is -12.1. The van der Waals surface area contributed by atoms with Gasteiger partial charge in [-0.15, -0.1) is 15.3 Å². The normalized spacial score (nSPS) is 11.4. The summed E-state index contributed by atoms with van der Waals surface area (Å²) in [6, 6.07) is 41.9. The number of halogens is 1. The maximum absolute atomic E-state index is 10.5. The van der Waals surface area contributed by atoms with Crippen LogP contribution in [0.3, 0.4) is 0 Å². The van der Waals surface area contributed by atoms with E-state index in [9.17, 15) is 31.1 Å². The molecule has 0 saturated carbocycles. The number of methoxy groups -OCH3 is 1. The minimum atomic E-state index is -1.19. The molecule has 10 N–H and O–H groups in total. The quantitative estimate of drug-likeness (QED) is 0.0354. The van der Waals surface area contributed by atoms with E-state index in [-0.39, 0.29) is 24.4 Å². The van der Waals surface area contributed by atoms with Crippen LogP contribution in [0.25, 0.3) is 67.9 Å². The Morgan fingerprint density at radius 1 is 0.485 bits per heavy atom. The molecule has 0 saturated heterocycles. The molecular weight excluding hydrogens is 1250 g/mol. The third-order valence-electron chi connectivity index (χ3n) is 15.0. The Bertz CT molecular complexity index is 4960. The van der Waals surface area contributed by atoms with Crippen LogP contribution in [-0.4, -0.2) is 112 Å². The molecule has 9 heterocycles. The molecule has 0 unspecified atom stereocenters. The summed E-state index contributed by atoms with van der Waals surface area (Å²) in [4.78, 5) is 34.8. The maximum Gasteiger partial charge on any atom is 0.265 e. The van der Waals surface area contributed by atoms with Gasteiger partial charge >= 0.3 is 0 Å². The average molecular weight is 1320 g/mol. The minimum absolute atomic E-state index is 0.0463. The molecule has 29 heteroatoms. The molecule has 0 aliphatic rings. The Morgan fingerprint density at radius 2 is 0.887 bits per heavy atom. The first kappa shape index (κ1) is 67.8. The monoisotopic (exact) mass is 1320 g/mol. The van der Waals surface area contributed by atoms with Gasteiger partial charge in [-0.1, -0.05) is 75.8 Å². The van der Waals surface area contributed by atoms with Gasteiger partial charge in [0.2, 0.25) is 17.8 Å². The maximum atomic E-state index is 10.5. The zero-order valence-corrected chi connectivity index (χ0v) is 55.0. The summed E-state index contributed by atoms with van der Waals surface area (Å²) in [5.41, 5.74) is 28.0. The lowest BCUT2D eigenvalue weighted by molar-refractivity contribution is -0.917. The molecule has 0 amide bonds. The fourth-order valence-corrected chi connectivity index (χ4v) is 10.3. The number of benzene rings is 3. The molecule has 97 heavy (non-hydrogen) atoms. The number of pyridine rings is 3. The number of nitriles is 2. The van der Waals surface area contributed by atoms with Crippen molar-refractivity contribution in [3.8, 4) is 85.8 Å². The summed E-state index contributed by atoms with van der Waals surface area (Å²) in [5.74, 6) is 0.663. The zero-order valence-electron chi connectivity index (χ0n) is 54.2. The van der Waals surface area contributed by atoms with Gasteiger partial charge in [0.15, 0.2) is 0 Å². The Balaban J connectivity index is 0.000000158. The molecule has 0 bridgehead atoms. The van der Waals surface area contributed by atoms with Crippen LogP contribution in [0.2, 0.25) is 5.02 Å². The second kappa shape index (κ2) is 28.2. The summed E-state index contributed by atoms with van der Waals surface area (Å²) >= 11 is 6.35. The van der Waals surface area contributed by atoms with Crippen LogP contribution in [0.1, 0.15) is 98.0 Å². The number of para-hydroxylation sites is 1. The van der Waals surface area contributed by atoms with E-state index in [4.69, 9.17) is 33.5 Å². The fourth-order valence-electron chi connectivity index (χ4n) is 10.0. The number of aromatic nitrogens is 18. The first-order chi connectivity index (χ1) is 46.1. The number of aliphatic hydroxyl groups is 3. The highest BCUT2D eigenvalue weighted by molar-refractivity contribution is 6.34. The number of aryl methyl sites for hydroxylation is 1. The standard InChI is InChI=1S/C23H22N8O2.C23H26N7O2.C22H19ClN8O/c1-23(2,32)20-9-5-7-15(26-20)12-31-13-19(29-30-31)18-10-17(27-22(25)28-18)16-8-4-6-14(11-24)21(16)33-3;1-14-7-5-9-17(15(14)2)18-11-19(26-22(24)25-18)20-13-29(28-27-20)12-16-8-6-10-21(30(16)32)23(3,4)31;1-22(2,32)19-8-4-6-14(26-19)11-31-12-18(29-30-31)17-9-16(27-21(25)28-17)15-7-3-5-13(10-24)20(15)23/h4-10,13,32H,12H2,1-3H3,(H2,25,27,28);5-11,13,31-32H,12H2,1-4H3,(H2,24,25,26);3-9,12,32H,11H2,1-2H3,(H2,25,27,28)/q;+1;. The van der Waals surface area contributed by atoms with Gasteiger partial charge in [-0.25, -0.2) is 43.9 Å². The van der Waals surface area contributed by atoms with Crippen LogP contribution >= 0.6 is 11.6 Å². The molecule has 0 aliphatic carbocycles. The average Bonchev–Trinajstić information content (AvgIpc) is 1.74. The lowest BCUT2D eigenvalue weighted by Gasteiger charge is -2.17. The fraction of sp³-hybridized carbons (Fsp3) is 0.221. The summed E-state index contributed by atoms with van der Waals surface area (Å²) in [6.45, 7) is 15.0. The van der Waals surface area contributed by atoms with Gasteiger partial charge in [-0.05, 0) is 133 Å². The lowest BCUT2D eigenvalue weighted by atomic mass is 10.0. The lowest BCUT2D eigenvalue weighted by Crippen LogP contribution is -2.45. The molecule has 3 aromatic carbocycles. The number of hydrogen-bond acceptors (Lipinski definition) is 24. The SMILES string of the molecule is CC(C)(O)c1cccc(Cn2cc(-c3cc(-c4cccc(C#N)c4Cl)nc(N)n3)nn2)n1.COc1c(C#N)cccc1-c1cc(-c2cn(Cc3cccc(C(C)(C)O)n3)nn2)nc(N)n1.Cc1cccc(-c2cc(-c3cn(Cc4cccc(C(C)(C)O)[n+]4O)nn3)nc(N)n2)c1C. The molecule has 9 aromatic heterocycles. The summed E-state index contributed by atoms with van der Waals surface area (Å²) in [6.07, 6.45) is 5.18. The molecule has 0 aliphatic heterocycles. The molecule has 0 radical (unpaired) electrons. The molecule has 12 aromatic rings. The molecule has 0 spiro atoms. The van der Waals surface area contributed by atoms with E-state index in [0.29, 0.717) is 120 Å². The van der Waals surface area contributed by atoms with E-state index < -0.39 is 16.8 Å². The number of hydrogen-bond donors (Lipinski definition) is 7. The highest BCUT2D eigenvalue weighted by atomic mass is 35.5. The van der Waals surface area contributed by atoms with E-state index in [2.05, 4.69) is 95.9 Å². The third kappa shape index (κ3) is 16.1. The van der Waals surface area contributed by atoms with Crippen LogP contribution in [0.5, 0.6) is 5.75 Å². The smallest absolute Gasteiger partial charge is 0.265 e. The molecular formula is C68H67ClN23O5+. The van der Waals surface area contributed by atoms with Crippen molar-refractivity contribution in [2.24, 2.45) is 0 Å².